The molecule has 0 saturated carbocycles. The van der Waals surface area contributed by atoms with Crippen molar-refractivity contribution in [2.75, 3.05) is 33.3 Å². The smallest absolute Gasteiger partial charge is 0.0896 e. The Morgan fingerprint density at radius 1 is 1.35 bits per heavy atom. The van der Waals surface area contributed by atoms with Crippen LogP contribution in [-0.4, -0.2) is 44.3 Å². The van der Waals surface area contributed by atoms with E-state index in [1.165, 1.54) is 16.7 Å². The van der Waals surface area contributed by atoms with Crippen molar-refractivity contribution >= 4 is 0 Å². The van der Waals surface area contributed by atoms with Crippen LogP contribution in [0.15, 0.2) is 18.2 Å². The summed E-state index contributed by atoms with van der Waals surface area (Å²) in [5.41, 5.74) is 4.10. The number of aryl methyl sites for hydroxylation is 2. The van der Waals surface area contributed by atoms with E-state index in [0.29, 0.717) is 6.04 Å². The summed E-state index contributed by atoms with van der Waals surface area (Å²) >= 11 is 0. The van der Waals surface area contributed by atoms with Crippen LogP contribution in [0.25, 0.3) is 0 Å². The molecule has 3 heteroatoms. The van der Waals surface area contributed by atoms with Gasteiger partial charge in [0.15, 0.2) is 0 Å². The third-order valence-electron chi connectivity index (χ3n) is 4.13. The SMILES string of the molecule is CCCNCC1OCCN(C)C1c1cc(C)ccc1C. The van der Waals surface area contributed by atoms with Gasteiger partial charge in [0.2, 0.25) is 0 Å². The van der Waals surface area contributed by atoms with Gasteiger partial charge in [-0.1, -0.05) is 30.7 Å². The van der Waals surface area contributed by atoms with E-state index in [2.05, 4.69) is 56.2 Å². The summed E-state index contributed by atoms with van der Waals surface area (Å²) in [7, 11) is 2.21. The van der Waals surface area contributed by atoms with Crippen LogP contribution in [0.2, 0.25) is 0 Å². The predicted molar refractivity (Wildman–Crippen MR) is 84.2 cm³/mol. The van der Waals surface area contributed by atoms with E-state index in [-0.39, 0.29) is 6.10 Å². The number of morpholine rings is 1. The van der Waals surface area contributed by atoms with Gasteiger partial charge < -0.3 is 10.1 Å². The lowest BCUT2D eigenvalue weighted by Crippen LogP contribution is -2.47. The van der Waals surface area contributed by atoms with Crippen LogP contribution in [0, 0.1) is 13.8 Å². The molecule has 1 aliphatic heterocycles. The zero-order chi connectivity index (χ0) is 14.5. The fourth-order valence-corrected chi connectivity index (χ4v) is 2.97. The van der Waals surface area contributed by atoms with E-state index >= 15 is 0 Å². The molecular formula is C17H28N2O. The van der Waals surface area contributed by atoms with E-state index in [1.54, 1.807) is 0 Å². The summed E-state index contributed by atoms with van der Waals surface area (Å²) in [6, 6.07) is 7.09. The summed E-state index contributed by atoms with van der Waals surface area (Å²) in [5, 5.41) is 3.51. The predicted octanol–water partition coefficient (Wildman–Crippen LogP) is 2.67. The molecule has 1 fully saturated rings. The molecule has 0 aromatic heterocycles. The van der Waals surface area contributed by atoms with Gasteiger partial charge in [-0.25, -0.2) is 0 Å². The average molecular weight is 276 g/mol. The van der Waals surface area contributed by atoms with E-state index in [4.69, 9.17) is 4.74 Å². The molecule has 0 amide bonds. The number of nitrogens with zero attached hydrogens (tertiary/aromatic N) is 1. The summed E-state index contributed by atoms with van der Waals surface area (Å²) in [6.45, 7) is 10.4. The number of hydrogen-bond acceptors (Lipinski definition) is 3. The lowest BCUT2D eigenvalue weighted by Gasteiger charge is -2.40. The fraction of sp³-hybridized carbons (Fsp3) is 0.647. The van der Waals surface area contributed by atoms with Crippen LogP contribution < -0.4 is 5.32 Å². The zero-order valence-electron chi connectivity index (χ0n) is 13.3. The fourth-order valence-electron chi connectivity index (χ4n) is 2.97. The zero-order valence-corrected chi connectivity index (χ0v) is 13.3. The molecule has 1 aromatic carbocycles. The number of likely N-dealkylation sites (N-methyl/N-ethyl adjacent to an activating group) is 1. The molecule has 0 aliphatic carbocycles. The Balaban J connectivity index is 2.20. The first kappa shape index (κ1) is 15.5. The molecule has 0 radical (unpaired) electrons. The van der Waals surface area contributed by atoms with Crippen molar-refractivity contribution in [2.24, 2.45) is 0 Å². The molecule has 1 heterocycles. The van der Waals surface area contributed by atoms with Gasteiger partial charge in [0.05, 0.1) is 18.8 Å². The van der Waals surface area contributed by atoms with Gasteiger partial charge in [-0.3, -0.25) is 4.90 Å². The number of rotatable bonds is 5. The summed E-state index contributed by atoms with van der Waals surface area (Å²) in [6.07, 6.45) is 1.40. The Hall–Kier alpha value is -0.900. The number of nitrogens with one attached hydrogen (secondary N) is 1. The second-order valence-electron chi connectivity index (χ2n) is 5.90. The molecule has 0 bridgehead atoms. The van der Waals surface area contributed by atoms with Crippen molar-refractivity contribution in [3.05, 3.63) is 34.9 Å². The molecule has 2 rings (SSSR count). The van der Waals surface area contributed by atoms with Crippen LogP contribution in [0.5, 0.6) is 0 Å². The molecule has 2 unspecified atom stereocenters. The van der Waals surface area contributed by atoms with Crippen molar-refractivity contribution in [3.63, 3.8) is 0 Å². The summed E-state index contributed by atoms with van der Waals surface area (Å²) < 4.78 is 6.05. The number of ether oxygens (including phenoxy) is 1. The quantitative estimate of drug-likeness (QED) is 0.837. The molecule has 0 spiro atoms. The molecule has 1 aliphatic rings. The second kappa shape index (κ2) is 7.21. The third kappa shape index (κ3) is 3.60. The molecule has 112 valence electrons. The summed E-state index contributed by atoms with van der Waals surface area (Å²) in [5.74, 6) is 0. The Bertz CT molecular complexity index is 433. The molecule has 3 nitrogen and oxygen atoms in total. The maximum Gasteiger partial charge on any atom is 0.0896 e. The van der Waals surface area contributed by atoms with E-state index < -0.39 is 0 Å². The van der Waals surface area contributed by atoms with Crippen LogP contribution in [0.1, 0.15) is 36.1 Å². The first-order valence-electron chi connectivity index (χ1n) is 7.73. The largest absolute Gasteiger partial charge is 0.374 e. The molecule has 20 heavy (non-hydrogen) atoms. The maximum absolute atomic E-state index is 6.05. The van der Waals surface area contributed by atoms with Crippen LogP contribution >= 0.6 is 0 Å². The highest BCUT2D eigenvalue weighted by molar-refractivity contribution is 5.34. The lowest BCUT2D eigenvalue weighted by atomic mass is 9.93. The Morgan fingerprint density at radius 2 is 2.15 bits per heavy atom. The number of benzene rings is 1. The van der Waals surface area contributed by atoms with Gasteiger partial charge in [0.25, 0.3) is 0 Å². The lowest BCUT2D eigenvalue weighted by molar-refractivity contribution is -0.0614. The topological polar surface area (TPSA) is 24.5 Å². The van der Waals surface area contributed by atoms with Gasteiger partial charge in [-0.15, -0.1) is 0 Å². The second-order valence-corrected chi connectivity index (χ2v) is 5.90. The van der Waals surface area contributed by atoms with Gasteiger partial charge in [-0.2, -0.15) is 0 Å². The van der Waals surface area contributed by atoms with Crippen LogP contribution in [-0.2, 0) is 4.74 Å². The molecule has 1 N–H and O–H groups in total. The van der Waals surface area contributed by atoms with Crippen LogP contribution in [0.3, 0.4) is 0 Å². The Labute approximate surface area is 123 Å². The molecule has 2 atom stereocenters. The van der Waals surface area contributed by atoms with Gasteiger partial charge in [-0.05, 0) is 45.0 Å². The monoisotopic (exact) mass is 276 g/mol. The molecule has 1 saturated heterocycles. The van der Waals surface area contributed by atoms with Crippen molar-refractivity contribution in [1.82, 2.24) is 10.2 Å². The Morgan fingerprint density at radius 3 is 2.90 bits per heavy atom. The van der Waals surface area contributed by atoms with Gasteiger partial charge in [0, 0.05) is 13.1 Å². The van der Waals surface area contributed by atoms with Crippen LogP contribution in [0.4, 0.5) is 0 Å². The minimum Gasteiger partial charge on any atom is -0.374 e. The van der Waals surface area contributed by atoms with Crippen molar-refractivity contribution in [1.29, 1.82) is 0 Å². The van der Waals surface area contributed by atoms with Crippen molar-refractivity contribution < 1.29 is 4.74 Å². The van der Waals surface area contributed by atoms with E-state index in [0.717, 1.165) is 32.7 Å². The molecule has 1 aromatic rings. The highest BCUT2D eigenvalue weighted by atomic mass is 16.5. The average Bonchev–Trinajstić information content (AvgIpc) is 2.42. The molecular weight excluding hydrogens is 248 g/mol. The van der Waals surface area contributed by atoms with E-state index in [9.17, 15) is 0 Å². The van der Waals surface area contributed by atoms with Crippen molar-refractivity contribution in [3.8, 4) is 0 Å². The van der Waals surface area contributed by atoms with Crippen molar-refractivity contribution in [2.45, 2.75) is 39.3 Å². The standard InChI is InChI=1S/C17H28N2O/c1-5-8-18-12-16-17(19(4)9-10-20-16)15-11-13(2)6-7-14(15)3/h6-7,11,16-18H,5,8-10,12H2,1-4H3. The minimum atomic E-state index is 0.237. The Kier molecular flexibility index (Phi) is 5.58. The highest BCUT2D eigenvalue weighted by Crippen LogP contribution is 2.30. The van der Waals surface area contributed by atoms with Gasteiger partial charge in [0.1, 0.15) is 0 Å². The first-order valence-corrected chi connectivity index (χ1v) is 7.73. The van der Waals surface area contributed by atoms with Gasteiger partial charge >= 0.3 is 0 Å². The maximum atomic E-state index is 6.05. The number of hydrogen-bond donors (Lipinski definition) is 1. The first-order chi connectivity index (χ1) is 9.63. The third-order valence-corrected chi connectivity index (χ3v) is 4.13. The van der Waals surface area contributed by atoms with E-state index in [1.807, 2.05) is 0 Å². The highest BCUT2D eigenvalue weighted by Gasteiger charge is 2.32. The minimum absolute atomic E-state index is 0.237. The normalized spacial score (nSPS) is 24.0. The summed E-state index contributed by atoms with van der Waals surface area (Å²) in [4.78, 5) is 2.43.